The maximum absolute atomic E-state index is 11.6. The molecule has 0 bridgehead atoms. The highest BCUT2D eigenvalue weighted by Gasteiger charge is 2.22. The Bertz CT molecular complexity index is 594. The number of guanidine groups is 1. The van der Waals surface area contributed by atoms with Crippen molar-refractivity contribution in [1.82, 2.24) is 24.9 Å². The number of piperazine rings is 1. The van der Waals surface area contributed by atoms with Crippen LogP contribution in [0.1, 0.15) is 33.5 Å². The van der Waals surface area contributed by atoms with Gasteiger partial charge in [0.1, 0.15) is 5.82 Å². The van der Waals surface area contributed by atoms with Gasteiger partial charge in [-0.2, -0.15) is 4.37 Å². The van der Waals surface area contributed by atoms with Gasteiger partial charge < -0.3 is 20.4 Å². The first-order chi connectivity index (χ1) is 12.5. The first kappa shape index (κ1) is 20.4. The van der Waals surface area contributed by atoms with Crippen molar-refractivity contribution < 1.29 is 4.79 Å². The molecule has 2 N–H and O–H groups in total. The number of anilines is 1. The maximum atomic E-state index is 11.6. The normalized spacial score (nSPS) is 15.5. The van der Waals surface area contributed by atoms with E-state index in [9.17, 15) is 4.79 Å². The molecule has 0 unspecified atom stereocenters. The summed E-state index contributed by atoms with van der Waals surface area (Å²) < 4.78 is 4.37. The van der Waals surface area contributed by atoms with Crippen molar-refractivity contribution in [3.05, 3.63) is 5.82 Å². The summed E-state index contributed by atoms with van der Waals surface area (Å²) in [6, 6.07) is 0. The molecule has 9 heteroatoms. The Morgan fingerprint density at radius 2 is 1.96 bits per heavy atom. The zero-order valence-electron chi connectivity index (χ0n) is 16.3. The van der Waals surface area contributed by atoms with Crippen molar-refractivity contribution in [2.45, 2.75) is 34.1 Å². The van der Waals surface area contributed by atoms with Crippen LogP contribution >= 0.6 is 11.5 Å². The molecule has 0 atom stereocenters. The van der Waals surface area contributed by atoms with E-state index in [0.29, 0.717) is 13.1 Å². The van der Waals surface area contributed by atoms with Crippen molar-refractivity contribution in [2.75, 3.05) is 50.7 Å². The SMILES string of the molecule is CCNC(=NCCNC(=O)C(C)C)N1CCN(c2nc(CC)ns2)CC1. The van der Waals surface area contributed by atoms with Gasteiger partial charge in [0.15, 0.2) is 5.96 Å². The fourth-order valence-corrected chi connectivity index (χ4v) is 3.40. The lowest BCUT2D eigenvalue weighted by Crippen LogP contribution is -2.52. The summed E-state index contributed by atoms with van der Waals surface area (Å²) in [7, 11) is 0. The van der Waals surface area contributed by atoms with Crippen LogP contribution in [0, 0.1) is 5.92 Å². The molecule has 1 aromatic rings. The van der Waals surface area contributed by atoms with Gasteiger partial charge in [0.25, 0.3) is 0 Å². The van der Waals surface area contributed by atoms with Crippen LogP contribution in [0.2, 0.25) is 0 Å². The van der Waals surface area contributed by atoms with Crippen LogP contribution in [0.4, 0.5) is 5.13 Å². The van der Waals surface area contributed by atoms with E-state index in [1.165, 1.54) is 11.5 Å². The Morgan fingerprint density at radius 1 is 1.23 bits per heavy atom. The molecular formula is C17H31N7OS. The van der Waals surface area contributed by atoms with Crippen LogP contribution in [0.25, 0.3) is 0 Å². The van der Waals surface area contributed by atoms with Crippen LogP contribution in [0.5, 0.6) is 0 Å². The summed E-state index contributed by atoms with van der Waals surface area (Å²) >= 11 is 1.48. The van der Waals surface area contributed by atoms with Crippen molar-refractivity contribution in [3.63, 3.8) is 0 Å². The van der Waals surface area contributed by atoms with E-state index < -0.39 is 0 Å². The van der Waals surface area contributed by atoms with Crippen LogP contribution in [0.3, 0.4) is 0 Å². The average molecular weight is 382 g/mol. The van der Waals surface area contributed by atoms with Gasteiger partial charge in [-0.15, -0.1) is 0 Å². The number of rotatable bonds is 7. The standard InChI is InChI=1S/C17H31N7OS/c1-5-14-21-17(26-22-14)24-11-9-23(10-12-24)16(18-6-2)20-8-7-19-15(25)13(3)4/h13H,5-12H2,1-4H3,(H,18,20)(H,19,25). The van der Waals surface area contributed by atoms with E-state index in [0.717, 1.165) is 56.1 Å². The zero-order valence-corrected chi connectivity index (χ0v) is 17.1. The van der Waals surface area contributed by atoms with Crippen molar-refractivity contribution in [3.8, 4) is 0 Å². The zero-order chi connectivity index (χ0) is 18.9. The second-order valence-electron chi connectivity index (χ2n) is 6.50. The molecule has 0 radical (unpaired) electrons. The van der Waals surface area contributed by atoms with Gasteiger partial charge in [0.05, 0.1) is 6.54 Å². The van der Waals surface area contributed by atoms with Gasteiger partial charge in [-0.3, -0.25) is 9.79 Å². The molecule has 1 amide bonds. The van der Waals surface area contributed by atoms with Crippen molar-refractivity contribution in [1.29, 1.82) is 0 Å². The maximum Gasteiger partial charge on any atom is 0.222 e. The molecule has 1 saturated heterocycles. The molecule has 8 nitrogen and oxygen atoms in total. The summed E-state index contributed by atoms with van der Waals surface area (Å²) in [4.78, 5) is 25.4. The molecule has 2 rings (SSSR count). The summed E-state index contributed by atoms with van der Waals surface area (Å²) in [5.74, 6) is 1.92. The highest BCUT2D eigenvalue weighted by atomic mass is 32.1. The smallest absolute Gasteiger partial charge is 0.222 e. The summed E-state index contributed by atoms with van der Waals surface area (Å²) in [6.45, 7) is 13.5. The fourth-order valence-electron chi connectivity index (χ4n) is 2.60. The number of carbonyl (C=O) groups excluding carboxylic acids is 1. The number of hydrogen-bond acceptors (Lipinski definition) is 6. The Hall–Kier alpha value is -1.90. The Balaban J connectivity index is 1.84. The van der Waals surface area contributed by atoms with Gasteiger partial charge in [0, 0.05) is 63.1 Å². The molecule has 0 saturated carbocycles. The van der Waals surface area contributed by atoms with E-state index >= 15 is 0 Å². The van der Waals surface area contributed by atoms with Gasteiger partial charge in [0.2, 0.25) is 11.0 Å². The molecule has 1 aliphatic heterocycles. The number of carbonyl (C=O) groups is 1. The molecule has 1 aromatic heterocycles. The molecule has 0 spiro atoms. The van der Waals surface area contributed by atoms with Gasteiger partial charge in [-0.1, -0.05) is 20.8 Å². The number of amides is 1. The predicted octanol–water partition coefficient (Wildman–Crippen LogP) is 0.960. The lowest BCUT2D eigenvalue weighted by Gasteiger charge is -2.36. The average Bonchev–Trinajstić information content (AvgIpc) is 3.13. The third-order valence-electron chi connectivity index (χ3n) is 4.16. The van der Waals surface area contributed by atoms with Crippen LogP contribution in [-0.2, 0) is 11.2 Å². The Labute approximate surface area is 160 Å². The van der Waals surface area contributed by atoms with Crippen LogP contribution in [-0.4, -0.2) is 71.9 Å². The molecule has 2 heterocycles. The third-order valence-corrected chi connectivity index (χ3v) is 4.97. The summed E-state index contributed by atoms with van der Waals surface area (Å²) in [6.07, 6.45) is 0.876. The number of aryl methyl sites for hydroxylation is 1. The minimum Gasteiger partial charge on any atom is -0.357 e. The molecular weight excluding hydrogens is 350 g/mol. The van der Waals surface area contributed by atoms with E-state index in [-0.39, 0.29) is 11.8 Å². The van der Waals surface area contributed by atoms with Gasteiger partial charge >= 0.3 is 0 Å². The lowest BCUT2D eigenvalue weighted by molar-refractivity contribution is -0.123. The number of nitrogens with one attached hydrogen (secondary N) is 2. The molecule has 0 aromatic carbocycles. The number of nitrogens with zero attached hydrogens (tertiary/aromatic N) is 5. The van der Waals surface area contributed by atoms with E-state index in [1.54, 1.807) is 0 Å². The predicted molar refractivity (Wildman–Crippen MR) is 107 cm³/mol. The highest BCUT2D eigenvalue weighted by Crippen LogP contribution is 2.19. The minimum atomic E-state index is 0.00821. The largest absolute Gasteiger partial charge is 0.357 e. The topological polar surface area (TPSA) is 85.8 Å². The van der Waals surface area contributed by atoms with Crippen molar-refractivity contribution in [2.24, 2.45) is 10.9 Å². The fraction of sp³-hybridized carbons (Fsp3) is 0.765. The van der Waals surface area contributed by atoms with E-state index in [4.69, 9.17) is 0 Å². The molecule has 0 aliphatic carbocycles. The lowest BCUT2D eigenvalue weighted by atomic mass is 10.2. The van der Waals surface area contributed by atoms with E-state index in [1.807, 2.05) is 13.8 Å². The number of aromatic nitrogens is 2. The quantitative estimate of drug-likeness (QED) is 0.416. The first-order valence-electron chi connectivity index (χ1n) is 9.43. The minimum absolute atomic E-state index is 0.00821. The summed E-state index contributed by atoms with van der Waals surface area (Å²) in [5, 5.41) is 7.27. The van der Waals surface area contributed by atoms with Crippen LogP contribution in [0.15, 0.2) is 4.99 Å². The number of hydrogen-bond donors (Lipinski definition) is 2. The van der Waals surface area contributed by atoms with Crippen LogP contribution < -0.4 is 15.5 Å². The van der Waals surface area contributed by atoms with E-state index in [2.05, 4.69) is 48.6 Å². The monoisotopic (exact) mass is 381 g/mol. The second kappa shape index (κ2) is 10.3. The van der Waals surface area contributed by atoms with Gasteiger partial charge in [-0.25, -0.2) is 4.98 Å². The Kier molecular flexibility index (Phi) is 8.08. The highest BCUT2D eigenvalue weighted by molar-refractivity contribution is 7.09. The van der Waals surface area contributed by atoms with Gasteiger partial charge in [-0.05, 0) is 6.92 Å². The third kappa shape index (κ3) is 5.82. The second-order valence-corrected chi connectivity index (χ2v) is 7.23. The summed E-state index contributed by atoms with van der Waals surface area (Å²) in [5.41, 5.74) is 0. The first-order valence-corrected chi connectivity index (χ1v) is 10.2. The van der Waals surface area contributed by atoms with Crippen molar-refractivity contribution >= 4 is 28.5 Å². The molecule has 1 fully saturated rings. The Morgan fingerprint density at radius 3 is 2.54 bits per heavy atom. The molecule has 26 heavy (non-hydrogen) atoms. The molecule has 1 aliphatic rings. The molecule has 146 valence electrons. The number of aliphatic imine (C=N–C) groups is 1.